The summed E-state index contributed by atoms with van der Waals surface area (Å²) in [5, 5.41) is 6.75. The van der Waals surface area contributed by atoms with Gasteiger partial charge in [-0.05, 0) is 61.8 Å². The summed E-state index contributed by atoms with van der Waals surface area (Å²) < 4.78 is 43.6. The number of benzene rings is 1. The number of aliphatic imine (C=N–C) groups is 1. The standard InChI is InChI=1S/C25H23Cl3F3N3O2S/c1-2-17-18(7-8-32-17)33-23(35)22-14-6-4-3-5-13(14)21(37-22)19-11-24(36-34-19,25(29,30)31)12-9-15(26)20(28)16(27)10-12/h9-10,18H,2-8,11H2,1H3,(H,33,35). The Hall–Kier alpha value is -1.81. The van der Waals surface area contributed by atoms with Crippen LogP contribution in [0.25, 0.3) is 0 Å². The number of carbonyl (C=O) groups is 1. The maximum atomic E-state index is 14.5. The van der Waals surface area contributed by atoms with Crippen LogP contribution in [0.3, 0.4) is 0 Å². The van der Waals surface area contributed by atoms with Crippen LogP contribution in [-0.2, 0) is 23.3 Å². The zero-order valence-corrected chi connectivity index (χ0v) is 22.9. The van der Waals surface area contributed by atoms with Gasteiger partial charge in [0, 0.05) is 17.8 Å². The van der Waals surface area contributed by atoms with Gasteiger partial charge in [0.05, 0.1) is 37.3 Å². The van der Waals surface area contributed by atoms with Crippen molar-refractivity contribution in [2.45, 2.75) is 69.7 Å². The highest BCUT2D eigenvalue weighted by Crippen LogP contribution is 2.51. The van der Waals surface area contributed by atoms with Crippen molar-refractivity contribution in [1.29, 1.82) is 0 Å². The van der Waals surface area contributed by atoms with Crippen molar-refractivity contribution in [3.63, 3.8) is 0 Å². The van der Waals surface area contributed by atoms with Gasteiger partial charge in [0.1, 0.15) is 5.71 Å². The van der Waals surface area contributed by atoms with E-state index in [9.17, 15) is 18.0 Å². The summed E-state index contributed by atoms with van der Waals surface area (Å²) in [6, 6.07) is 2.10. The van der Waals surface area contributed by atoms with Crippen LogP contribution in [0.15, 0.2) is 22.3 Å². The van der Waals surface area contributed by atoms with E-state index in [1.807, 2.05) is 6.92 Å². The summed E-state index contributed by atoms with van der Waals surface area (Å²) in [6.45, 7) is 2.68. The van der Waals surface area contributed by atoms with Crippen molar-refractivity contribution in [3.8, 4) is 0 Å². The molecule has 3 heterocycles. The van der Waals surface area contributed by atoms with Crippen molar-refractivity contribution in [2.75, 3.05) is 6.54 Å². The molecule has 0 bridgehead atoms. The molecule has 0 saturated carbocycles. The summed E-state index contributed by atoms with van der Waals surface area (Å²) in [6.07, 6.45) is -0.755. The first kappa shape index (κ1) is 26.8. The molecule has 5 nitrogen and oxygen atoms in total. The zero-order valence-electron chi connectivity index (χ0n) is 19.8. The maximum absolute atomic E-state index is 14.5. The molecule has 5 rings (SSSR count). The van der Waals surface area contributed by atoms with Crippen LogP contribution in [0.5, 0.6) is 0 Å². The molecule has 1 N–H and O–H groups in total. The van der Waals surface area contributed by atoms with Crippen LogP contribution in [0.2, 0.25) is 15.1 Å². The van der Waals surface area contributed by atoms with Crippen LogP contribution in [0, 0.1) is 0 Å². The molecule has 0 radical (unpaired) electrons. The number of nitrogens with one attached hydrogen (secondary N) is 1. The number of fused-ring (bicyclic) bond motifs is 1. The minimum absolute atomic E-state index is 0.0370. The SMILES string of the molecule is CCC1=NCCC1NC(=O)c1sc(C2=NOC(c3cc(Cl)c(Cl)c(Cl)c3)(C(F)(F)F)C2)c2c1CCCC2. The monoisotopic (exact) mass is 591 g/mol. The highest BCUT2D eigenvalue weighted by molar-refractivity contribution is 7.16. The third-order valence-corrected chi connectivity index (χ3v) is 9.65. The second-order valence-corrected chi connectivity index (χ2v) is 11.6. The van der Waals surface area contributed by atoms with Gasteiger partial charge in [-0.1, -0.05) is 46.9 Å². The maximum Gasteiger partial charge on any atom is 0.435 e. The molecule has 2 aromatic rings. The predicted molar refractivity (Wildman–Crippen MR) is 141 cm³/mol. The third kappa shape index (κ3) is 4.66. The highest BCUT2D eigenvalue weighted by Gasteiger charge is 2.63. The van der Waals surface area contributed by atoms with Gasteiger partial charge in [0.15, 0.2) is 0 Å². The Bertz CT molecular complexity index is 1300. The summed E-state index contributed by atoms with van der Waals surface area (Å²) in [7, 11) is 0. The van der Waals surface area contributed by atoms with E-state index in [2.05, 4.69) is 15.5 Å². The van der Waals surface area contributed by atoms with E-state index in [1.165, 1.54) is 11.3 Å². The minimum atomic E-state index is -4.82. The number of rotatable bonds is 5. The van der Waals surface area contributed by atoms with Crippen molar-refractivity contribution < 1.29 is 22.8 Å². The first-order valence-electron chi connectivity index (χ1n) is 12.0. The predicted octanol–water partition coefficient (Wildman–Crippen LogP) is 7.52. The molecule has 0 fully saturated rings. The average Bonchev–Trinajstić information content (AvgIpc) is 3.58. The Morgan fingerprint density at radius 3 is 2.51 bits per heavy atom. The van der Waals surface area contributed by atoms with Crippen LogP contribution in [0.1, 0.15) is 70.3 Å². The molecule has 1 amide bonds. The summed E-state index contributed by atoms with van der Waals surface area (Å²) in [5.74, 6) is -0.222. The molecule has 37 heavy (non-hydrogen) atoms. The van der Waals surface area contributed by atoms with Crippen LogP contribution in [-0.4, -0.2) is 36.1 Å². The smallest absolute Gasteiger partial charge is 0.374 e. The Kier molecular flexibility index (Phi) is 7.28. The van der Waals surface area contributed by atoms with Gasteiger partial charge >= 0.3 is 6.18 Å². The lowest BCUT2D eigenvalue weighted by Gasteiger charge is -2.30. The number of amides is 1. The van der Waals surface area contributed by atoms with E-state index in [4.69, 9.17) is 39.6 Å². The first-order chi connectivity index (χ1) is 17.6. The number of alkyl halides is 3. The number of thiophene rings is 1. The second-order valence-electron chi connectivity index (χ2n) is 9.35. The number of carbonyl (C=O) groups excluding carboxylic acids is 1. The Morgan fingerprint density at radius 2 is 1.86 bits per heavy atom. The number of oxime groups is 1. The van der Waals surface area contributed by atoms with Gasteiger partial charge in [0.25, 0.3) is 11.5 Å². The second kappa shape index (κ2) is 10.1. The number of nitrogens with zero attached hydrogens (tertiary/aromatic N) is 2. The van der Waals surface area contributed by atoms with Crippen molar-refractivity contribution in [1.82, 2.24) is 5.32 Å². The van der Waals surface area contributed by atoms with Gasteiger partial charge in [0.2, 0.25) is 0 Å². The molecule has 198 valence electrons. The summed E-state index contributed by atoms with van der Waals surface area (Å²) >= 11 is 19.3. The Labute approximate surface area is 231 Å². The fourth-order valence-electron chi connectivity index (χ4n) is 5.21. The third-order valence-electron chi connectivity index (χ3n) is 7.13. The zero-order chi connectivity index (χ0) is 26.5. The van der Waals surface area contributed by atoms with Gasteiger partial charge in [-0.15, -0.1) is 11.3 Å². The van der Waals surface area contributed by atoms with Crippen molar-refractivity contribution in [3.05, 3.63) is 53.6 Å². The van der Waals surface area contributed by atoms with E-state index in [1.54, 1.807) is 0 Å². The molecule has 2 atom stereocenters. The van der Waals surface area contributed by atoms with E-state index in [0.29, 0.717) is 29.1 Å². The van der Waals surface area contributed by atoms with E-state index in [-0.39, 0.29) is 38.3 Å². The van der Waals surface area contributed by atoms with Gasteiger partial charge in [-0.25, -0.2) is 0 Å². The minimum Gasteiger partial charge on any atom is -0.374 e. The van der Waals surface area contributed by atoms with Crippen LogP contribution < -0.4 is 5.32 Å². The molecule has 0 saturated heterocycles. The van der Waals surface area contributed by atoms with Gasteiger partial charge < -0.3 is 10.2 Å². The fourth-order valence-corrected chi connectivity index (χ4v) is 7.09. The average molecular weight is 593 g/mol. The van der Waals surface area contributed by atoms with Crippen molar-refractivity contribution in [2.24, 2.45) is 10.1 Å². The summed E-state index contributed by atoms with van der Waals surface area (Å²) in [4.78, 5) is 24.1. The molecular formula is C25H23Cl3F3N3O2S. The highest BCUT2D eigenvalue weighted by atomic mass is 35.5. The Balaban J connectivity index is 1.50. The summed E-state index contributed by atoms with van der Waals surface area (Å²) in [5.41, 5.74) is -0.175. The molecule has 2 aliphatic heterocycles. The number of halogens is 6. The van der Waals surface area contributed by atoms with E-state index < -0.39 is 18.2 Å². The van der Waals surface area contributed by atoms with Crippen LogP contribution >= 0.6 is 46.1 Å². The van der Waals surface area contributed by atoms with Gasteiger partial charge in [-0.2, -0.15) is 13.2 Å². The molecule has 2 unspecified atom stereocenters. The molecule has 1 aromatic heterocycles. The van der Waals surface area contributed by atoms with Crippen LogP contribution in [0.4, 0.5) is 13.2 Å². The van der Waals surface area contributed by atoms with E-state index in [0.717, 1.165) is 54.7 Å². The lowest BCUT2D eigenvalue weighted by molar-refractivity contribution is -0.275. The lowest BCUT2D eigenvalue weighted by atomic mass is 9.85. The molecular weight excluding hydrogens is 570 g/mol. The molecule has 1 aliphatic carbocycles. The molecule has 0 spiro atoms. The quantitative estimate of drug-likeness (QED) is 0.365. The Morgan fingerprint density at radius 1 is 1.19 bits per heavy atom. The first-order valence-corrected chi connectivity index (χ1v) is 14.0. The largest absolute Gasteiger partial charge is 0.435 e. The van der Waals surface area contributed by atoms with Crippen molar-refractivity contribution >= 4 is 63.5 Å². The van der Waals surface area contributed by atoms with E-state index >= 15 is 0 Å². The normalized spacial score (nSPS) is 23.4. The number of hydrogen-bond donors (Lipinski definition) is 1. The van der Waals surface area contributed by atoms with Gasteiger partial charge in [-0.3, -0.25) is 9.79 Å². The lowest BCUT2D eigenvalue weighted by Crippen LogP contribution is -2.42. The molecule has 12 heteroatoms. The molecule has 3 aliphatic rings. The fraction of sp³-hybridized carbons (Fsp3) is 0.480. The topological polar surface area (TPSA) is 63.0 Å². The molecule has 1 aromatic carbocycles. The number of hydrogen-bond acceptors (Lipinski definition) is 5.